The molecule has 29 heavy (non-hydrogen) atoms. The van der Waals surface area contributed by atoms with E-state index in [0.29, 0.717) is 17.1 Å². The van der Waals surface area contributed by atoms with Crippen LogP contribution in [0.3, 0.4) is 0 Å². The summed E-state index contributed by atoms with van der Waals surface area (Å²) in [5, 5.41) is 0.659. The summed E-state index contributed by atoms with van der Waals surface area (Å²) in [6.07, 6.45) is 3.52. The third-order valence-electron chi connectivity index (χ3n) is 6.68. The number of halogens is 1. The highest BCUT2D eigenvalue weighted by atomic mass is 35.5. The molecule has 154 valence electrons. The highest BCUT2D eigenvalue weighted by Gasteiger charge is 2.37. The summed E-state index contributed by atoms with van der Waals surface area (Å²) in [5.74, 6) is 1.07. The SMILES string of the molecule is COc1ccc([C@H]2CCC[C@H]3CN(C(=O)c4ccc(Cl)cc4)CCN32)c(C)c1C. The van der Waals surface area contributed by atoms with Crippen LogP contribution in [0.5, 0.6) is 5.75 Å². The van der Waals surface area contributed by atoms with E-state index < -0.39 is 0 Å². The fourth-order valence-electron chi connectivity index (χ4n) is 4.94. The predicted octanol–water partition coefficient (Wildman–Crippen LogP) is 5.02. The zero-order valence-electron chi connectivity index (χ0n) is 17.5. The lowest BCUT2D eigenvalue weighted by atomic mass is 9.86. The number of hydrogen-bond acceptors (Lipinski definition) is 3. The molecule has 2 aromatic rings. The van der Waals surface area contributed by atoms with Gasteiger partial charge in [0.2, 0.25) is 0 Å². The molecular weight excluding hydrogens is 384 g/mol. The summed E-state index contributed by atoms with van der Waals surface area (Å²) in [6.45, 7) is 6.83. The van der Waals surface area contributed by atoms with E-state index in [4.69, 9.17) is 16.3 Å². The minimum Gasteiger partial charge on any atom is -0.496 e. The van der Waals surface area contributed by atoms with Gasteiger partial charge in [-0.25, -0.2) is 0 Å². The Morgan fingerprint density at radius 3 is 2.52 bits per heavy atom. The molecule has 4 rings (SSSR count). The summed E-state index contributed by atoms with van der Waals surface area (Å²) in [5.41, 5.74) is 4.68. The Labute approximate surface area is 178 Å². The quantitative estimate of drug-likeness (QED) is 0.709. The summed E-state index contributed by atoms with van der Waals surface area (Å²) < 4.78 is 5.50. The normalized spacial score (nSPS) is 22.3. The molecule has 0 saturated carbocycles. The number of hydrogen-bond donors (Lipinski definition) is 0. The van der Waals surface area contributed by atoms with Gasteiger partial charge in [0.15, 0.2) is 0 Å². The third-order valence-corrected chi connectivity index (χ3v) is 6.93. The lowest BCUT2D eigenvalue weighted by Crippen LogP contribution is -2.57. The third kappa shape index (κ3) is 3.88. The van der Waals surface area contributed by atoms with Gasteiger partial charge in [0, 0.05) is 42.3 Å². The van der Waals surface area contributed by atoms with Gasteiger partial charge in [0.25, 0.3) is 5.91 Å². The Morgan fingerprint density at radius 1 is 1.03 bits per heavy atom. The van der Waals surface area contributed by atoms with E-state index in [9.17, 15) is 4.79 Å². The molecule has 4 nitrogen and oxygen atoms in total. The first kappa shape index (κ1) is 20.2. The van der Waals surface area contributed by atoms with Crippen LogP contribution in [0.15, 0.2) is 36.4 Å². The maximum absolute atomic E-state index is 13.0. The van der Waals surface area contributed by atoms with Gasteiger partial charge >= 0.3 is 0 Å². The number of ether oxygens (including phenoxy) is 1. The van der Waals surface area contributed by atoms with Crippen LogP contribution < -0.4 is 4.74 Å². The van der Waals surface area contributed by atoms with Gasteiger partial charge < -0.3 is 9.64 Å². The Balaban J connectivity index is 1.52. The fourth-order valence-corrected chi connectivity index (χ4v) is 5.07. The van der Waals surface area contributed by atoms with Crippen LogP contribution in [0.25, 0.3) is 0 Å². The molecule has 0 aliphatic carbocycles. The van der Waals surface area contributed by atoms with Crippen molar-refractivity contribution in [3.8, 4) is 5.75 Å². The molecule has 0 N–H and O–H groups in total. The summed E-state index contributed by atoms with van der Waals surface area (Å²) >= 11 is 5.97. The number of nitrogens with zero attached hydrogens (tertiary/aromatic N) is 2. The molecule has 2 aliphatic rings. The van der Waals surface area contributed by atoms with Crippen molar-refractivity contribution in [3.63, 3.8) is 0 Å². The number of rotatable bonds is 3. The van der Waals surface area contributed by atoms with Crippen molar-refractivity contribution >= 4 is 17.5 Å². The highest BCUT2D eigenvalue weighted by Crippen LogP contribution is 2.39. The van der Waals surface area contributed by atoms with Crippen LogP contribution in [0.4, 0.5) is 0 Å². The number of methoxy groups -OCH3 is 1. The van der Waals surface area contributed by atoms with Crippen LogP contribution in [-0.2, 0) is 0 Å². The zero-order chi connectivity index (χ0) is 20.5. The maximum atomic E-state index is 13.0. The van der Waals surface area contributed by atoms with Crippen LogP contribution in [0, 0.1) is 13.8 Å². The summed E-state index contributed by atoms with van der Waals surface area (Å²) in [6, 6.07) is 12.4. The van der Waals surface area contributed by atoms with Crippen molar-refractivity contribution in [2.45, 2.75) is 45.2 Å². The Hall–Kier alpha value is -2.04. The first-order valence-corrected chi connectivity index (χ1v) is 10.8. The second-order valence-electron chi connectivity index (χ2n) is 8.20. The molecule has 2 heterocycles. The Morgan fingerprint density at radius 2 is 1.79 bits per heavy atom. The van der Waals surface area contributed by atoms with Crippen LogP contribution >= 0.6 is 11.6 Å². The van der Waals surface area contributed by atoms with Crippen LogP contribution in [-0.4, -0.2) is 48.5 Å². The number of piperazine rings is 1. The molecule has 2 fully saturated rings. The van der Waals surface area contributed by atoms with E-state index in [2.05, 4.69) is 30.9 Å². The van der Waals surface area contributed by atoms with Gasteiger partial charge in [-0.3, -0.25) is 9.69 Å². The van der Waals surface area contributed by atoms with Crippen LogP contribution in [0.1, 0.15) is 52.4 Å². The lowest BCUT2D eigenvalue weighted by molar-refractivity contribution is 0.0102. The molecule has 0 unspecified atom stereocenters. The van der Waals surface area contributed by atoms with Gasteiger partial charge in [-0.15, -0.1) is 0 Å². The first-order valence-electron chi connectivity index (χ1n) is 10.4. The smallest absolute Gasteiger partial charge is 0.253 e. The number of carbonyl (C=O) groups excluding carboxylic acids is 1. The van der Waals surface area contributed by atoms with Crippen molar-refractivity contribution in [2.24, 2.45) is 0 Å². The molecule has 2 aromatic carbocycles. The Kier molecular flexibility index (Phi) is 5.84. The average Bonchev–Trinajstić information content (AvgIpc) is 2.75. The largest absolute Gasteiger partial charge is 0.496 e. The minimum atomic E-state index is 0.111. The van der Waals surface area contributed by atoms with Gasteiger partial charge in [-0.2, -0.15) is 0 Å². The minimum absolute atomic E-state index is 0.111. The zero-order valence-corrected chi connectivity index (χ0v) is 18.2. The van der Waals surface area contributed by atoms with Gasteiger partial charge in [0.1, 0.15) is 5.75 Å². The molecule has 0 radical (unpaired) electrons. The van der Waals surface area contributed by atoms with E-state index in [1.807, 2.05) is 17.0 Å². The molecule has 5 heteroatoms. The molecule has 0 bridgehead atoms. The van der Waals surface area contributed by atoms with E-state index in [1.165, 1.54) is 29.5 Å². The molecule has 0 spiro atoms. The molecule has 0 aromatic heterocycles. The van der Waals surface area contributed by atoms with E-state index >= 15 is 0 Å². The topological polar surface area (TPSA) is 32.8 Å². The van der Waals surface area contributed by atoms with Crippen molar-refractivity contribution in [2.75, 3.05) is 26.7 Å². The van der Waals surface area contributed by atoms with E-state index in [-0.39, 0.29) is 5.91 Å². The van der Waals surface area contributed by atoms with E-state index in [1.54, 1.807) is 19.2 Å². The summed E-state index contributed by atoms with van der Waals surface area (Å²) in [7, 11) is 1.73. The lowest BCUT2D eigenvalue weighted by Gasteiger charge is -2.48. The second-order valence-corrected chi connectivity index (χ2v) is 8.64. The molecule has 1 amide bonds. The van der Waals surface area contributed by atoms with Crippen molar-refractivity contribution in [1.82, 2.24) is 9.80 Å². The number of piperidine rings is 1. The number of amides is 1. The first-order chi connectivity index (χ1) is 14.0. The number of carbonyl (C=O) groups is 1. The second kappa shape index (κ2) is 8.37. The monoisotopic (exact) mass is 412 g/mol. The molecule has 2 saturated heterocycles. The standard InChI is InChI=1S/C24H29ClN2O2/c1-16-17(2)23(29-3)12-11-21(16)22-6-4-5-20-15-26(13-14-27(20)22)24(28)18-7-9-19(25)10-8-18/h7-12,20,22H,4-6,13-15H2,1-3H3/t20-,22+/m0/s1. The molecule has 2 atom stereocenters. The van der Waals surface area contributed by atoms with Crippen LogP contribution in [0.2, 0.25) is 5.02 Å². The predicted molar refractivity (Wildman–Crippen MR) is 117 cm³/mol. The average molecular weight is 413 g/mol. The van der Waals surface area contributed by atoms with Crippen molar-refractivity contribution in [1.29, 1.82) is 0 Å². The summed E-state index contributed by atoms with van der Waals surface area (Å²) in [4.78, 5) is 17.6. The van der Waals surface area contributed by atoms with Crippen molar-refractivity contribution < 1.29 is 9.53 Å². The Bertz CT molecular complexity index is 896. The highest BCUT2D eigenvalue weighted by molar-refractivity contribution is 6.30. The van der Waals surface area contributed by atoms with Gasteiger partial charge in [-0.1, -0.05) is 17.7 Å². The number of fused-ring (bicyclic) bond motifs is 1. The van der Waals surface area contributed by atoms with Gasteiger partial charge in [-0.05, 0) is 80.1 Å². The van der Waals surface area contributed by atoms with Crippen molar-refractivity contribution in [3.05, 3.63) is 63.7 Å². The van der Waals surface area contributed by atoms with Gasteiger partial charge in [0.05, 0.1) is 7.11 Å². The number of benzene rings is 2. The maximum Gasteiger partial charge on any atom is 0.253 e. The van der Waals surface area contributed by atoms with E-state index in [0.717, 1.165) is 37.4 Å². The molecular formula is C24H29ClN2O2. The molecule has 2 aliphatic heterocycles. The fraction of sp³-hybridized carbons (Fsp3) is 0.458.